The van der Waals surface area contributed by atoms with Gasteiger partial charge in [-0.3, -0.25) is 0 Å². The monoisotopic (exact) mass is 470 g/mol. The maximum absolute atomic E-state index is 4.93. The van der Waals surface area contributed by atoms with E-state index in [4.69, 9.17) is 17.0 Å². The minimum absolute atomic E-state index is 0. The standard InChI is InChI=1S/C20H27Si.CH3.2ClH.Zr/c1-21(2,19-13-11-15-7-3-5-9-17(15)19)20-14-12-16-8-4-6-10-18(16)20;;;;/h3-10,13,15-20H,11-12,14H2,1-2H3;1H3;2*1H;/q2*-1;;;+4/p-2. The third-order valence-corrected chi connectivity index (χ3v) is 11.7. The van der Waals surface area contributed by atoms with E-state index in [1.165, 1.54) is 19.3 Å². The molecule has 4 rings (SSSR count). The van der Waals surface area contributed by atoms with Crippen molar-refractivity contribution in [2.45, 2.75) is 43.4 Å². The zero-order valence-corrected chi connectivity index (χ0v) is 20.5. The molecule has 0 bridgehead atoms. The predicted molar refractivity (Wildman–Crippen MR) is 112 cm³/mol. The van der Waals surface area contributed by atoms with Gasteiger partial charge in [0.25, 0.3) is 0 Å². The second kappa shape index (κ2) is 9.72. The van der Waals surface area contributed by atoms with Crippen LogP contribution < -0.4 is 0 Å². The van der Waals surface area contributed by atoms with E-state index in [-0.39, 0.29) is 7.43 Å². The van der Waals surface area contributed by atoms with Gasteiger partial charge in [-0.15, -0.1) is 0 Å². The number of rotatable bonds is 2. The topological polar surface area (TPSA) is 0 Å². The average Bonchev–Trinajstić information content (AvgIpc) is 3.20. The molecule has 0 aliphatic heterocycles. The molecular formula is C21H30Cl2SiZr. The Balaban J connectivity index is 0.000000528. The average molecular weight is 473 g/mol. The van der Waals surface area contributed by atoms with Crippen molar-refractivity contribution in [3.8, 4) is 0 Å². The normalized spacial score (nSPS) is 37.4. The predicted octanol–water partition coefficient (Wildman–Crippen LogP) is 7.38. The molecule has 0 aromatic heterocycles. The number of fused-ring (bicyclic) bond motifs is 2. The van der Waals surface area contributed by atoms with Crippen LogP contribution in [0.5, 0.6) is 0 Å². The molecular weight excluding hydrogens is 442 g/mol. The first-order valence-corrected chi connectivity index (χ1v) is 18.6. The van der Waals surface area contributed by atoms with E-state index in [0.717, 1.165) is 34.8 Å². The molecule has 0 spiro atoms. The van der Waals surface area contributed by atoms with Gasteiger partial charge in [-0.2, -0.15) is 12.0 Å². The van der Waals surface area contributed by atoms with Gasteiger partial charge in [-0.25, -0.2) is 0 Å². The van der Waals surface area contributed by atoms with Crippen molar-refractivity contribution in [2.24, 2.45) is 23.7 Å². The van der Waals surface area contributed by atoms with Gasteiger partial charge in [0, 0.05) is 8.07 Å². The van der Waals surface area contributed by atoms with Crippen LogP contribution in [0.25, 0.3) is 0 Å². The number of hydrogen-bond acceptors (Lipinski definition) is 0. The molecule has 0 aromatic rings. The van der Waals surface area contributed by atoms with Gasteiger partial charge in [0.1, 0.15) is 0 Å². The van der Waals surface area contributed by atoms with Crippen LogP contribution in [-0.2, 0) is 20.8 Å². The molecule has 0 aromatic carbocycles. The second-order valence-electron chi connectivity index (χ2n) is 8.10. The fourth-order valence-corrected chi connectivity index (χ4v) is 10.5. The third kappa shape index (κ3) is 4.56. The summed E-state index contributed by atoms with van der Waals surface area (Å²) in [4.78, 5) is 0. The van der Waals surface area contributed by atoms with Crippen LogP contribution >= 0.6 is 17.0 Å². The van der Waals surface area contributed by atoms with Crippen molar-refractivity contribution >= 4 is 25.1 Å². The molecule has 4 aliphatic rings. The molecule has 0 radical (unpaired) electrons. The Morgan fingerprint density at radius 2 is 1.44 bits per heavy atom. The Morgan fingerprint density at radius 1 is 0.880 bits per heavy atom. The van der Waals surface area contributed by atoms with Crippen LogP contribution in [0.2, 0.25) is 24.2 Å². The van der Waals surface area contributed by atoms with Crippen molar-refractivity contribution in [3.05, 3.63) is 62.5 Å². The summed E-state index contributed by atoms with van der Waals surface area (Å²) in [7, 11) is 8.59. The fourth-order valence-electron chi connectivity index (χ4n) is 5.62. The van der Waals surface area contributed by atoms with E-state index in [1.54, 1.807) is 0 Å². The van der Waals surface area contributed by atoms with Gasteiger partial charge < -0.3 is 13.8 Å². The minimum atomic E-state index is -1.28. The van der Waals surface area contributed by atoms with Gasteiger partial charge in [0.05, 0.1) is 0 Å². The fraction of sp³-hybridized carbons (Fsp3) is 0.524. The Bertz CT molecular complexity index is 506. The summed E-state index contributed by atoms with van der Waals surface area (Å²) >= 11 is -0.826. The second-order valence-corrected chi connectivity index (χ2v) is 16.9. The Labute approximate surface area is 174 Å². The van der Waals surface area contributed by atoms with Crippen LogP contribution in [0.3, 0.4) is 0 Å². The molecule has 4 heteroatoms. The van der Waals surface area contributed by atoms with Gasteiger partial charge in [0.15, 0.2) is 0 Å². The SMILES string of the molecule is C[Si](C)(C1[CH-]CC2C=CC=CC21)C1CCC2C=CC=CC21.[CH3-].[Cl][Zr+2][Cl]. The Kier molecular flexibility index (Phi) is 8.53. The zero-order chi connectivity index (χ0) is 17.2. The molecule has 0 heterocycles. The molecule has 25 heavy (non-hydrogen) atoms. The Morgan fingerprint density at radius 3 is 2.12 bits per heavy atom. The third-order valence-electron chi connectivity index (χ3n) is 6.76. The molecule has 0 N–H and O–H groups in total. The number of allylic oxidation sites excluding steroid dienone is 8. The van der Waals surface area contributed by atoms with Crippen molar-refractivity contribution in [1.29, 1.82) is 0 Å². The van der Waals surface area contributed by atoms with Crippen LogP contribution in [-0.4, -0.2) is 8.07 Å². The molecule has 0 saturated heterocycles. The van der Waals surface area contributed by atoms with Crippen molar-refractivity contribution in [2.75, 3.05) is 0 Å². The van der Waals surface area contributed by atoms with Gasteiger partial charge in [-0.1, -0.05) is 68.1 Å². The van der Waals surface area contributed by atoms with Gasteiger partial charge >= 0.3 is 37.9 Å². The van der Waals surface area contributed by atoms with E-state index in [9.17, 15) is 0 Å². The summed E-state index contributed by atoms with van der Waals surface area (Å²) in [5.74, 6) is 3.28. The Hall–Kier alpha value is 0.640. The molecule has 2 saturated carbocycles. The molecule has 136 valence electrons. The molecule has 6 atom stereocenters. The van der Waals surface area contributed by atoms with Crippen molar-refractivity contribution in [1.82, 2.24) is 0 Å². The van der Waals surface area contributed by atoms with Gasteiger partial charge in [0.2, 0.25) is 0 Å². The summed E-state index contributed by atoms with van der Waals surface area (Å²) in [5.41, 5.74) is 1.86. The quantitative estimate of drug-likeness (QED) is 0.290. The van der Waals surface area contributed by atoms with Crippen molar-refractivity contribution < 1.29 is 20.8 Å². The zero-order valence-electron chi connectivity index (χ0n) is 15.5. The number of hydrogen-bond donors (Lipinski definition) is 0. The first kappa shape index (κ1) is 21.9. The number of halogens is 2. The summed E-state index contributed by atoms with van der Waals surface area (Å²) in [6.07, 6.45) is 26.0. The van der Waals surface area contributed by atoms with Crippen molar-refractivity contribution in [3.63, 3.8) is 0 Å². The summed E-state index contributed by atoms with van der Waals surface area (Å²) in [5, 5.41) is 0. The molecule has 2 fully saturated rings. The first-order chi connectivity index (χ1) is 11.6. The maximum atomic E-state index is 4.93. The van der Waals surface area contributed by atoms with E-state index >= 15 is 0 Å². The molecule has 0 nitrogen and oxygen atoms in total. The summed E-state index contributed by atoms with van der Waals surface area (Å²) in [6, 6.07) is 0. The molecule has 6 unspecified atom stereocenters. The van der Waals surface area contributed by atoms with Crippen LogP contribution in [0.15, 0.2) is 48.6 Å². The van der Waals surface area contributed by atoms with Crippen LogP contribution in [0, 0.1) is 37.5 Å². The van der Waals surface area contributed by atoms with Crippen LogP contribution in [0.1, 0.15) is 19.3 Å². The first-order valence-electron chi connectivity index (χ1n) is 9.09. The summed E-state index contributed by atoms with van der Waals surface area (Å²) in [6.45, 7) is 5.36. The van der Waals surface area contributed by atoms with Crippen LogP contribution in [0.4, 0.5) is 0 Å². The summed E-state index contributed by atoms with van der Waals surface area (Å²) < 4.78 is 0. The van der Waals surface area contributed by atoms with E-state index in [0.29, 0.717) is 0 Å². The molecule has 0 amide bonds. The van der Waals surface area contributed by atoms with E-state index in [1.807, 2.05) is 0 Å². The van der Waals surface area contributed by atoms with Gasteiger partial charge in [-0.05, 0) is 35.6 Å². The van der Waals surface area contributed by atoms with E-state index in [2.05, 4.69) is 68.1 Å². The van der Waals surface area contributed by atoms with E-state index < -0.39 is 28.9 Å². The molecule has 4 aliphatic carbocycles.